The number of hydrogen-bond acceptors (Lipinski definition) is 5. The van der Waals surface area contributed by atoms with Crippen LogP contribution in [0.4, 0.5) is 4.79 Å². The summed E-state index contributed by atoms with van der Waals surface area (Å²) in [6.07, 6.45) is 0.446. The van der Waals surface area contributed by atoms with E-state index < -0.39 is 11.6 Å². The largest absolute Gasteiger partial charge is 0.496 e. The van der Waals surface area contributed by atoms with Crippen LogP contribution in [0.5, 0.6) is 5.75 Å². The minimum Gasteiger partial charge on any atom is -0.496 e. The Labute approximate surface area is 152 Å². The average Bonchev–Trinajstić information content (AvgIpc) is 3.07. The Morgan fingerprint density at radius 3 is 2.54 bits per heavy atom. The lowest BCUT2D eigenvalue weighted by molar-refractivity contribution is -0.132. The number of nitrogens with zero attached hydrogens (tertiary/aromatic N) is 2. The van der Waals surface area contributed by atoms with Gasteiger partial charge in [0, 0.05) is 5.56 Å². The Kier molecular flexibility index (Phi) is 4.48. The van der Waals surface area contributed by atoms with Gasteiger partial charge in [-0.2, -0.15) is 0 Å². The molecule has 1 N–H and O–H groups in total. The number of carbonyl (C=O) groups excluding carboxylic acids is 2. The fourth-order valence-corrected chi connectivity index (χ4v) is 3.44. The van der Waals surface area contributed by atoms with Crippen LogP contribution in [0.1, 0.15) is 41.5 Å². The molecule has 3 amide bonds. The van der Waals surface area contributed by atoms with Crippen LogP contribution in [0.3, 0.4) is 0 Å². The predicted molar refractivity (Wildman–Crippen MR) is 94.8 cm³/mol. The van der Waals surface area contributed by atoms with Gasteiger partial charge in [0.2, 0.25) is 0 Å². The maximum atomic E-state index is 13.2. The molecular formula is C19H23N3O4. The number of ether oxygens (including phenoxy) is 1. The average molecular weight is 357 g/mol. The Morgan fingerprint density at radius 2 is 2.00 bits per heavy atom. The maximum Gasteiger partial charge on any atom is 0.325 e. The van der Waals surface area contributed by atoms with Crippen molar-refractivity contribution in [2.24, 2.45) is 0 Å². The van der Waals surface area contributed by atoms with Crippen LogP contribution in [-0.2, 0) is 16.9 Å². The second-order valence-corrected chi connectivity index (χ2v) is 6.57. The lowest BCUT2D eigenvalue weighted by Gasteiger charge is -2.26. The molecule has 0 spiro atoms. The number of aryl methyl sites for hydroxylation is 3. The number of imide groups is 1. The van der Waals surface area contributed by atoms with Gasteiger partial charge in [0.1, 0.15) is 17.0 Å². The number of amides is 3. The minimum atomic E-state index is -1.08. The van der Waals surface area contributed by atoms with Gasteiger partial charge in [0.25, 0.3) is 5.91 Å². The Hall–Kier alpha value is -2.83. The molecule has 7 heteroatoms. The van der Waals surface area contributed by atoms with E-state index in [-0.39, 0.29) is 12.5 Å². The third-order valence-corrected chi connectivity index (χ3v) is 5.09. The molecular weight excluding hydrogens is 334 g/mol. The molecule has 2 heterocycles. The van der Waals surface area contributed by atoms with Crippen molar-refractivity contribution in [3.05, 3.63) is 46.3 Å². The second kappa shape index (κ2) is 6.48. The van der Waals surface area contributed by atoms with E-state index in [1.54, 1.807) is 21.0 Å². The van der Waals surface area contributed by atoms with Crippen molar-refractivity contribution in [1.82, 2.24) is 15.4 Å². The first-order valence-corrected chi connectivity index (χ1v) is 8.55. The molecule has 1 unspecified atom stereocenters. The third-order valence-electron chi connectivity index (χ3n) is 5.09. The van der Waals surface area contributed by atoms with Crippen LogP contribution in [0, 0.1) is 20.8 Å². The predicted octanol–water partition coefficient (Wildman–Crippen LogP) is 2.97. The van der Waals surface area contributed by atoms with E-state index in [4.69, 9.17) is 9.26 Å². The highest BCUT2D eigenvalue weighted by Gasteiger charge is 2.51. The molecule has 1 aromatic carbocycles. The number of hydrogen-bond donors (Lipinski definition) is 1. The summed E-state index contributed by atoms with van der Waals surface area (Å²) in [5.41, 5.74) is 2.01. The van der Waals surface area contributed by atoms with Crippen molar-refractivity contribution in [2.75, 3.05) is 7.11 Å². The van der Waals surface area contributed by atoms with Crippen molar-refractivity contribution < 1.29 is 18.8 Å². The molecule has 1 aromatic heterocycles. The first-order valence-electron chi connectivity index (χ1n) is 8.55. The summed E-state index contributed by atoms with van der Waals surface area (Å²) in [4.78, 5) is 27.1. The van der Waals surface area contributed by atoms with Crippen LogP contribution in [0.25, 0.3) is 0 Å². The third kappa shape index (κ3) is 2.64. The molecule has 1 fully saturated rings. The monoisotopic (exact) mass is 357 g/mol. The number of carbonyl (C=O) groups is 2. The summed E-state index contributed by atoms with van der Waals surface area (Å²) in [5, 5.41) is 6.79. The van der Waals surface area contributed by atoms with Gasteiger partial charge < -0.3 is 14.6 Å². The second-order valence-electron chi connectivity index (χ2n) is 6.57. The van der Waals surface area contributed by atoms with Crippen molar-refractivity contribution in [2.45, 2.75) is 46.2 Å². The fourth-order valence-electron chi connectivity index (χ4n) is 3.44. The molecule has 0 radical (unpaired) electrons. The first kappa shape index (κ1) is 18.0. The Morgan fingerprint density at radius 1 is 1.27 bits per heavy atom. The van der Waals surface area contributed by atoms with Gasteiger partial charge in [-0.25, -0.2) is 4.79 Å². The minimum absolute atomic E-state index is 0.142. The molecule has 2 aromatic rings. The highest BCUT2D eigenvalue weighted by molar-refractivity contribution is 6.07. The summed E-state index contributed by atoms with van der Waals surface area (Å²) >= 11 is 0. The van der Waals surface area contributed by atoms with Gasteiger partial charge >= 0.3 is 6.03 Å². The molecule has 1 aliphatic heterocycles. The van der Waals surface area contributed by atoms with E-state index >= 15 is 0 Å². The van der Waals surface area contributed by atoms with Gasteiger partial charge in [0.05, 0.1) is 19.3 Å². The highest BCUT2D eigenvalue weighted by Crippen LogP contribution is 2.35. The van der Waals surface area contributed by atoms with Crippen molar-refractivity contribution in [1.29, 1.82) is 0 Å². The van der Waals surface area contributed by atoms with Crippen LogP contribution in [0.2, 0.25) is 0 Å². The highest BCUT2D eigenvalue weighted by atomic mass is 16.5. The number of benzene rings is 1. The van der Waals surface area contributed by atoms with Crippen LogP contribution >= 0.6 is 0 Å². The molecule has 7 nitrogen and oxygen atoms in total. The standard InChI is InChI=1S/C19H23N3O4/c1-6-19(14-7-8-16(25-5)11(2)9-14)17(23)22(18(24)20-19)10-15-12(3)21-26-13(15)4/h7-9H,6,10H2,1-5H3,(H,20,24). The zero-order valence-corrected chi connectivity index (χ0v) is 15.7. The molecule has 0 saturated carbocycles. The van der Waals surface area contributed by atoms with Crippen LogP contribution in [-0.4, -0.2) is 29.1 Å². The van der Waals surface area contributed by atoms with Gasteiger partial charge in [0.15, 0.2) is 0 Å². The van der Waals surface area contributed by atoms with Crippen molar-refractivity contribution in [3.63, 3.8) is 0 Å². The van der Waals surface area contributed by atoms with Gasteiger partial charge in [-0.1, -0.05) is 18.1 Å². The molecule has 1 saturated heterocycles. The molecule has 0 aliphatic carbocycles. The Balaban J connectivity index is 1.98. The summed E-state index contributed by atoms with van der Waals surface area (Å²) in [7, 11) is 1.60. The summed E-state index contributed by atoms with van der Waals surface area (Å²) < 4.78 is 10.4. The van der Waals surface area contributed by atoms with Gasteiger partial charge in [-0.15, -0.1) is 0 Å². The van der Waals surface area contributed by atoms with E-state index in [2.05, 4.69) is 10.5 Å². The topological polar surface area (TPSA) is 84.7 Å². The zero-order valence-electron chi connectivity index (χ0n) is 15.7. The number of urea groups is 1. The normalized spacial score (nSPS) is 19.8. The number of methoxy groups -OCH3 is 1. The van der Waals surface area contributed by atoms with Gasteiger partial charge in [-0.3, -0.25) is 9.69 Å². The summed E-state index contributed by atoms with van der Waals surface area (Å²) in [5.74, 6) is 1.08. The van der Waals surface area contributed by atoms with E-state index in [0.717, 1.165) is 22.4 Å². The summed E-state index contributed by atoms with van der Waals surface area (Å²) in [6, 6.07) is 5.12. The molecule has 138 valence electrons. The number of nitrogens with one attached hydrogen (secondary N) is 1. The molecule has 1 atom stereocenters. The molecule has 0 bridgehead atoms. The van der Waals surface area contributed by atoms with Crippen LogP contribution in [0.15, 0.2) is 22.7 Å². The van der Waals surface area contributed by atoms with Crippen LogP contribution < -0.4 is 10.1 Å². The van der Waals surface area contributed by atoms with E-state index in [0.29, 0.717) is 17.9 Å². The maximum absolute atomic E-state index is 13.2. The number of rotatable bonds is 5. The number of aromatic nitrogens is 1. The fraction of sp³-hybridized carbons (Fsp3) is 0.421. The Bertz CT molecular complexity index is 854. The van der Waals surface area contributed by atoms with E-state index in [1.165, 1.54) is 4.90 Å². The van der Waals surface area contributed by atoms with E-state index in [9.17, 15) is 9.59 Å². The molecule has 26 heavy (non-hydrogen) atoms. The van der Waals surface area contributed by atoms with Gasteiger partial charge in [-0.05, 0) is 50.5 Å². The van der Waals surface area contributed by atoms with E-state index in [1.807, 2.05) is 32.0 Å². The smallest absolute Gasteiger partial charge is 0.325 e. The van der Waals surface area contributed by atoms with Crippen molar-refractivity contribution in [3.8, 4) is 5.75 Å². The SMILES string of the molecule is CCC1(c2ccc(OC)c(C)c2)NC(=O)N(Cc2c(C)noc2C)C1=O. The molecule has 3 rings (SSSR count). The lowest BCUT2D eigenvalue weighted by atomic mass is 9.86. The zero-order chi connectivity index (χ0) is 19.1. The summed E-state index contributed by atoms with van der Waals surface area (Å²) in [6.45, 7) is 7.51. The van der Waals surface area contributed by atoms with Crippen molar-refractivity contribution >= 4 is 11.9 Å². The lowest BCUT2D eigenvalue weighted by Crippen LogP contribution is -2.43. The molecule has 1 aliphatic rings. The quantitative estimate of drug-likeness (QED) is 0.832. The first-order chi connectivity index (χ1) is 12.3.